The highest BCUT2D eigenvalue weighted by atomic mass is 35.5. The van der Waals surface area contributed by atoms with Crippen LogP contribution in [0.5, 0.6) is 5.75 Å². The van der Waals surface area contributed by atoms with Gasteiger partial charge in [-0.1, -0.05) is 30.4 Å². The number of carbonyl (C=O) groups excluding carboxylic acids is 1. The van der Waals surface area contributed by atoms with E-state index in [1.54, 1.807) is 12.0 Å². The van der Waals surface area contributed by atoms with E-state index in [-0.39, 0.29) is 17.8 Å². The van der Waals surface area contributed by atoms with Crippen LogP contribution >= 0.6 is 11.6 Å². The number of hydrogen-bond donors (Lipinski definition) is 0. The van der Waals surface area contributed by atoms with Crippen LogP contribution in [0.25, 0.3) is 6.08 Å². The van der Waals surface area contributed by atoms with Gasteiger partial charge in [0.15, 0.2) is 0 Å². The lowest BCUT2D eigenvalue weighted by Crippen LogP contribution is -2.37. The first-order valence-corrected chi connectivity index (χ1v) is 6.78. The number of benzene rings is 1. The van der Waals surface area contributed by atoms with Crippen LogP contribution in [0.2, 0.25) is 0 Å². The van der Waals surface area contributed by atoms with Crippen LogP contribution in [0, 0.1) is 0 Å². The summed E-state index contributed by atoms with van der Waals surface area (Å²) < 4.78 is 5.27. The second-order valence-corrected chi connectivity index (χ2v) is 4.69. The lowest BCUT2D eigenvalue weighted by atomic mass is 10.2. The zero-order valence-corrected chi connectivity index (χ0v) is 12.4. The minimum absolute atomic E-state index is 0.0146. The third-order valence-corrected chi connectivity index (χ3v) is 3.03. The standard InChI is InChI=1S/C15H20ClNO2/c1-12(2)17(15(18)11-16)10-6-8-13-7-4-5-9-14(13)19-3/h4-9,12H,10-11H2,1-3H3. The molecule has 0 aromatic heterocycles. The Hall–Kier alpha value is -1.48. The molecule has 1 aromatic rings. The molecule has 0 radical (unpaired) electrons. The fourth-order valence-electron chi connectivity index (χ4n) is 1.77. The molecule has 1 rings (SSSR count). The summed E-state index contributed by atoms with van der Waals surface area (Å²) in [6.07, 6.45) is 3.90. The van der Waals surface area contributed by atoms with Crippen LogP contribution in [0.4, 0.5) is 0 Å². The van der Waals surface area contributed by atoms with Crippen LogP contribution in [0.3, 0.4) is 0 Å². The maximum atomic E-state index is 11.7. The van der Waals surface area contributed by atoms with E-state index in [9.17, 15) is 4.79 Å². The van der Waals surface area contributed by atoms with Gasteiger partial charge in [-0.15, -0.1) is 11.6 Å². The van der Waals surface area contributed by atoms with Gasteiger partial charge in [0.2, 0.25) is 5.91 Å². The van der Waals surface area contributed by atoms with Gasteiger partial charge in [-0.25, -0.2) is 0 Å². The fraction of sp³-hybridized carbons (Fsp3) is 0.400. The van der Waals surface area contributed by atoms with Crippen molar-refractivity contribution in [1.82, 2.24) is 4.90 Å². The van der Waals surface area contributed by atoms with Gasteiger partial charge >= 0.3 is 0 Å². The first kappa shape index (κ1) is 15.6. The van der Waals surface area contributed by atoms with E-state index in [0.717, 1.165) is 11.3 Å². The van der Waals surface area contributed by atoms with Gasteiger partial charge in [0.05, 0.1) is 7.11 Å². The minimum atomic E-state index is -0.0543. The maximum absolute atomic E-state index is 11.7. The molecule has 0 N–H and O–H groups in total. The molecule has 0 aliphatic carbocycles. The molecule has 0 bridgehead atoms. The van der Waals surface area contributed by atoms with Crippen molar-refractivity contribution >= 4 is 23.6 Å². The van der Waals surface area contributed by atoms with Gasteiger partial charge in [0, 0.05) is 18.2 Å². The average Bonchev–Trinajstić information content (AvgIpc) is 2.42. The van der Waals surface area contributed by atoms with E-state index in [0.29, 0.717) is 6.54 Å². The number of para-hydroxylation sites is 1. The Bertz CT molecular complexity index is 444. The fourth-order valence-corrected chi connectivity index (χ4v) is 1.93. The van der Waals surface area contributed by atoms with Crippen molar-refractivity contribution in [3.8, 4) is 5.75 Å². The Morgan fingerprint density at radius 2 is 2.11 bits per heavy atom. The Labute approximate surface area is 119 Å². The molecule has 4 heteroatoms. The van der Waals surface area contributed by atoms with Crippen LogP contribution in [0.1, 0.15) is 19.4 Å². The molecule has 0 aliphatic rings. The number of amides is 1. The second kappa shape index (κ2) is 7.85. The number of methoxy groups -OCH3 is 1. The molecule has 0 atom stereocenters. The van der Waals surface area contributed by atoms with Crippen molar-refractivity contribution in [2.24, 2.45) is 0 Å². The summed E-state index contributed by atoms with van der Waals surface area (Å²) in [4.78, 5) is 13.4. The number of carbonyl (C=O) groups is 1. The van der Waals surface area contributed by atoms with Crippen LogP contribution in [-0.4, -0.2) is 36.4 Å². The van der Waals surface area contributed by atoms with Crippen LogP contribution in [0.15, 0.2) is 30.3 Å². The number of rotatable bonds is 6. The average molecular weight is 282 g/mol. The third kappa shape index (κ3) is 4.60. The summed E-state index contributed by atoms with van der Waals surface area (Å²) in [6, 6.07) is 7.89. The zero-order chi connectivity index (χ0) is 14.3. The van der Waals surface area contributed by atoms with E-state index in [4.69, 9.17) is 16.3 Å². The van der Waals surface area contributed by atoms with Gasteiger partial charge in [-0.05, 0) is 19.9 Å². The van der Waals surface area contributed by atoms with E-state index < -0.39 is 0 Å². The number of halogens is 1. The largest absolute Gasteiger partial charge is 0.496 e. The molecular weight excluding hydrogens is 262 g/mol. The predicted octanol–water partition coefficient (Wildman–Crippen LogP) is 3.18. The number of hydrogen-bond acceptors (Lipinski definition) is 2. The van der Waals surface area contributed by atoms with Gasteiger partial charge in [-0.3, -0.25) is 4.79 Å². The summed E-state index contributed by atoms with van der Waals surface area (Å²) in [5, 5.41) is 0. The SMILES string of the molecule is COc1ccccc1C=CCN(C(=O)CCl)C(C)C. The molecule has 1 aromatic carbocycles. The van der Waals surface area contributed by atoms with Crippen molar-refractivity contribution < 1.29 is 9.53 Å². The summed E-state index contributed by atoms with van der Waals surface area (Å²) in [5.41, 5.74) is 0.993. The highest BCUT2D eigenvalue weighted by Gasteiger charge is 2.13. The minimum Gasteiger partial charge on any atom is -0.496 e. The molecule has 104 valence electrons. The smallest absolute Gasteiger partial charge is 0.238 e. The third-order valence-electron chi connectivity index (χ3n) is 2.80. The van der Waals surface area contributed by atoms with Crippen molar-refractivity contribution in [2.75, 3.05) is 19.5 Å². The molecule has 0 aliphatic heterocycles. The molecule has 1 amide bonds. The quantitative estimate of drug-likeness (QED) is 0.750. The topological polar surface area (TPSA) is 29.5 Å². The number of nitrogens with zero attached hydrogens (tertiary/aromatic N) is 1. The van der Waals surface area contributed by atoms with E-state index in [1.807, 2.05) is 50.3 Å². The van der Waals surface area contributed by atoms with E-state index >= 15 is 0 Å². The Balaban J connectivity index is 2.73. The normalized spacial score (nSPS) is 11.0. The molecule has 0 heterocycles. The lowest BCUT2D eigenvalue weighted by molar-refractivity contribution is -0.129. The zero-order valence-electron chi connectivity index (χ0n) is 11.6. The molecule has 0 saturated carbocycles. The summed E-state index contributed by atoms with van der Waals surface area (Å²) in [6.45, 7) is 4.49. The van der Waals surface area contributed by atoms with E-state index in [1.165, 1.54) is 0 Å². The lowest BCUT2D eigenvalue weighted by Gasteiger charge is -2.24. The summed E-state index contributed by atoms with van der Waals surface area (Å²) in [5.74, 6) is 0.778. The van der Waals surface area contributed by atoms with Gasteiger partial charge in [-0.2, -0.15) is 0 Å². The van der Waals surface area contributed by atoms with Crippen molar-refractivity contribution in [2.45, 2.75) is 19.9 Å². The number of alkyl halides is 1. The Kier molecular flexibility index (Phi) is 6.43. The monoisotopic (exact) mass is 281 g/mol. The highest BCUT2D eigenvalue weighted by molar-refractivity contribution is 6.27. The van der Waals surface area contributed by atoms with Gasteiger partial charge in [0.1, 0.15) is 11.6 Å². The maximum Gasteiger partial charge on any atom is 0.238 e. The second-order valence-electron chi connectivity index (χ2n) is 4.42. The highest BCUT2D eigenvalue weighted by Crippen LogP contribution is 2.18. The van der Waals surface area contributed by atoms with E-state index in [2.05, 4.69) is 0 Å². The number of ether oxygens (including phenoxy) is 1. The van der Waals surface area contributed by atoms with Crippen molar-refractivity contribution in [3.05, 3.63) is 35.9 Å². The molecule has 0 saturated heterocycles. The molecule has 3 nitrogen and oxygen atoms in total. The predicted molar refractivity (Wildman–Crippen MR) is 79.6 cm³/mol. The molecule has 0 fully saturated rings. The Morgan fingerprint density at radius 1 is 1.42 bits per heavy atom. The van der Waals surface area contributed by atoms with Gasteiger partial charge in [0.25, 0.3) is 0 Å². The molecular formula is C15H20ClNO2. The van der Waals surface area contributed by atoms with Crippen LogP contribution < -0.4 is 4.74 Å². The molecule has 19 heavy (non-hydrogen) atoms. The Morgan fingerprint density at radius 3 is 2.68 bits per heavy atom. The summed E-state index contributed by atoms with van der Waals surface area (Å²) in [7, 11) is 1.64. The summed E-state index contributed by atoms with van der Waals surface area (Å²) >= 11 is 5.60. The van der Waals surface area contributed by atoms with Crippen LogP contribution in [-0.2, 0) is 4.79 Å². The first-order valence-electron chi connectivity index (χ1n) is 6.25. The van der Waals surface area contributed by atoms with Crippen molar-refractivity contribution in [1.29, 1.82) is 0 Å². The first-order chi connectivity index (χ1) is 9.10. The molecule has 0 spiro atoms. The molecule has 0 unspecified atom stereocenters. The van der Waals surface area contributed by atoms with Crippen molar-refractivity contribution in [3.63, 3.8) is 0 Å². The van der Waals surface area contributed by atoms with Gasteiger partial charge < -0.3 is 9.64 Å².